The number of fused-ring (bicyclic) bond motifs is 1. The summed E-state index contributed by atoms with van der Waals surface area (Å²) in [5.74, 6) is 0.269. The molecule has 1 atom stereocenters. The maximum absolute atomic E-state index is 12.3. The minimum atomic E-state index is -0.404. The molecule has 1 saturated heterocycles. The molecule has 1 aromatic carbocycles. The van der Waals surface area contributed by atoms with Crippen LogP contribution >= 0.6 is 0 Å². The second kappa shape index (κ2) is 4.14. The van der Waals surface area contributed by atoms with Crippen molar-refractivity contribution in [3.63, 3.8) is 0 Å². The number of β-amino-alcohol motifs (C(OH)–C–C–N with tert-alkyl or cyclic N) is 1. The minimum Gasteiger partial charge on any atom is -0.451 e. The molecule has 0 aliphatic carbocycles. The lowest BCUT2D eigenvalue weighted by atomic mass is 10.1. The van der Waals surface area contributed by atoms with Crippen molar-refractivity contribution in [3.8, 4) is 0 Å². The third-order valence-corrected chi connectivity index (χ3v) is 3.49. The van der Waals surface area contributed by atoms with Crippen molar-refractivity contribution in [3.05, 3.63) is 35.6 Å². The van der Waals surface area contributed by atoms with Crippen molar-refractivity contribution in [1.29, 1.82) is 0 Å². The summed E-state index contributed by atoms with van der Waals surface area (Å²) in [6.45, 7) is 2.89. The Morgan fingerprint density at radius 1 is 1.44 bits per heavy atom. The number of hydrogen-bond donors (Lipinski definition) is 1. The van der Waals surface area contributed by atoms with E-state index in [2.05, 4.69) is 0 Å². The maximum Gasteiger partial charge on any atom is 0.289 e. The first-order valence-electron chi connectivity index (χ1n) is 6.12. The van der Waals surface area contributed by atoms with E-state index in [1.807, 2.05) is 31.2 Å². The van der Waals surface area contributed by atoms with Crippen LogP contribution in [0.1, 0.15) is 22.5 Å². The Labute approximate surface area is 105 Å². The zero-order chi connectivity index (χ0) is 12.7. The molecule has 1 aliphatic rings. The lowest BCUT2D eigenvalue weighted by molar-refractivity contribution is 0.0735. The fourth-order valence-corrected chi connectivity index (χ4v) is 2.45. The molecule has 3 rings (SSSR count). The Morgan fingerprint density at radius 2 is 2.22 bits per heavy atom. The third-order valence-electron chi connectivity index (χ3n) is 3.49. The first-order valence-corrected chi connectivity index (χ1v) is 6.12. The highest BCUT2D eigenvalue weighted by Crippen LogP contribution is 2.26. The molecule has 2 heterocycles. The number of hydrogen-bond acceptors (Lipinski definition) is 3. The predicted octanol–water partition coefficient (Wildman–Crippen LogP) is 1.95. The van der Waals surface area contributed by atoms with Gasteiger partial charge in [0.1, 0.15) is 5.58 Å². The van der Waals surface area contributed by atoms with E-state index < -0.39 is 6.10 Å². The molecule has 18 heavy (non-hydrogen) atoms. The quantitative estimate of drug-likeness (QED) is 0.835. The van der Waals surface area contributed by atoms with Crippen molar-refractivity contribution in [2.75, 3.05) is 13.1 Å². The number of nitrogens with zero attached hydrogens (tertiary/aromatic N) is 1. The fraction of sp³-hybridized carbons (Fsp3) is 0.357. The van der Waals surface area contributed by atoms with Gasteiger partial charge in [-0.2, -0.15) is 0 Å². The molecule has 94 valence electrons. The van der Waals surface area contributed by atoms with Crippen LogP contribution in [0, 0.1) is 6.92 Å². The summed E-state index contributed by atoms with van der Waals surface area (Å²) in [7, 11) is 0. The molecule has 1 N–H and O–H groups in total. The number of rotatable bonds is 1. The summed E-state index contributed by atoms with van der Waals surface area (Å²) in [6.07, 6.45) is 0.240. The molecule has 1 aliphatic heterocycles. The second-order valence-corrected chi connectivity index (χ2v) is 4.75. The van der Waals surface area contributed by atoms with E-state index in [4.69, 9.17) is 4.42 Å². The number of carbonyl (C=O) groups is 1. The Kier molecular flexibility index (Phi) is 2.59. The summed E-state index contributed by atoms with van der Waals surface area (Å²) in [5, 5.41) is 10.5. The Bertz CT molecular complexity index is 602. The van der Waals surface area contributed by atoms with Gasteiger partial charge in [-0.05, 0) is 19.4 Å². The van der Waals surface area contributed by atoms with Crippen molar-refractivity contribution >= 4 is 16.9 Å². The van der Waals surface area contributed by atoms with E-state index in [0.29, 0.717) is 25.3 Å². The minimum absolute atomic E-state index is 0.125. The average molecular weight is 245 g/mol. The predicted molar refractivity (Wildman–Crippen MR) is 67.5 cm³/mol. The molecule has 0 spiro atoms. The molecule has 0 unspecified atom stereocenters. The largest absolute Gasteiger partial charge is 0.451 e. The summed E-state index contributed by atoms with van der Waals surface area (Å²) < 4.78 is 5.64. The van der Waals surface area contributed by atoms with Crippen LogP contribution in [0.3, 0.4) is 0 Å². The Morgan fingerprint density at radius 3 is 2.89 bits per heavy atom. The molecule has 1 amide bonds. The van der Waals surface area contributed by atoms with Crippen molar-refractivity contribution in [2.24, 2.45) is 0 Å². The molecular weight excluding hydrogens is 230 g/mol. The van der Waals surface area contributed by atoms with Gasteiger partial charge >= 0.3 is 0 Å². The number of carbonyl (C=O) groups excluding carboxylic acids is 1. The summed E-state index contributed by atoms with van der Waals surface area (Å²) >= 11 is 0. The lowest BCUT2D eigenvalue weighted by Gasteiger charge is -2.13. The van der Waals surface area contributed by atoms with Gasteiger partial charge in [-0.1, -0.05) is 18.2 Å². The van der Waals surface area contributed by atoms with Crippen molar-refractivity contribution in [2.45, 2.75) is 19.4 Å². The van der Waals surface area contributed by atoms with Gasteiger partial charge in [0.2, 0.25) is 0 Å². The average Bonchev–Trinajstić information content (AvgIpc) is 2.94. The van der Waals surface area contributed by atoms with Gasteiger partial charge in [0.05, 0.1) is 6.10 Å². The molecule has 0 saturated carbocycles. The second-order valence-electron chi connectivity index (χ2n) is 4.75. The standard InChI is InChI=1S/C14H15NO3/c1-9-11-4-2-3-5-12(11)18-13(9)14(17)15-7-6-10(16)8-15/h2-5,10,16H,6-8H2,1H3/t10-/m0/s1. The fourth-order valence-electron chi connectivity index (χ4n) is 2.45. The van der Waals surface area contributed by atoms with Crippen LogP contribution in [0.5, 0.6) is 0 Å². The maximum atomic E-state index is 12.3. The highest BCUT2D eigenvalue weighted by Gasteiger charge is 2.28. The van der Waals surface area contributed by atoms with E-state index >= 15 is 0 Å². The summed E-state index contributed by atoms with van der Waals surface area (Å²) in [5.41, 5.74) is 1.61. The van der Waals surface area contributed by atoms with Gasteiger partial charge in [0.15, 0.2) is 5.76 Å². The van der Waals surface area contributed by atoms with Crippen LogP contribution in [0.25, 0.3) is 11.0 Å². The highest BCUT2D eigenvalue weighted by atomic mass is 16.3. The molecule has 1 aromatic heterocycles. The Hall–Kier alpha value is -1.81. The smallest absolute Gasteiger partial charge is 0.289 e. The topological polar surface area (TPSA) is 53.7 Å². The zero-order valence-corrected chi connectivity index (χ0v) is 10.2. The molecule has 4 nitrogen and oxygen atoms in total. The zero-order valence-electron chi connectivity index (χ0n) is 10.2. The molecule has 0 bridgehead atoms. The number of furan rings is 1. The van der Waals surface area contributed by atoms with E-state index in [0.717, 1.165) is 16.5 Å². The van der Waals surface area contributed by atoms with Gasteiger partial charge in [-0.3, -0.25) is 4.79 Å². The van der Waals surface area contributed by atoms with Gasteiger partial charge in [-0.15, -0.1) is 0 Å². The number of aryl methyl sites for hydroxylation is 1. The van der Waals surface area contributed by atoms with E-state index in [1.165, 1.54) is 0 Å². The number of likely N-dealkylation sites (tertiary alicyclic amines) is 1. The molecule has 4 heteroatoms. The van der Waals surface area contributed by atoms with Crippen LogP contribution < -0.4 is 0 Å². The number of aliphatic hydroxyl groups excluding tert-OH is 1. The first kappa shape index (κ1) is 11.3. The number of aliphatic hydroxyl groups is 1. The Balaban J connectivity index is 1.99. The lowest BCUT2D eigenvalue weighted by Crippen LogP contribution is -2.29. The van der Waals surface area contributed by atoms with Gasteiger partial charge in [0, 0.05) is 24.0 Å². The normalized spacial score (nSPS) is 19.7. The molecule has 2 aromatic rings. The van der Waals surface area contributed by atoms with Crippen LogP contribution in [0.4, 0.5) is 0 Å². The number of para-hydroxylation sites is 1. The van der Waals surface area contributed by atoms with Crippen LogP contribution in [-0.2, 0) is 0 Å². The molecule has 0 radical (unpaired) electrons. The SMILES string of the molecule is Cc1c(C(=O)N2CC[C@H](O)C2)oc2ccccc12. The van der Waals surface area contributed by atoms with Crippen LogP contribution in [-0.4, -0.2) is 35.1 Å². The van der Waals surface area contributed by atoms with E-state index in [9.17, 15) is 9.90 Å². The summed E-state index contributed by atoms with van der Waals surface area (Å²) in [4.78, 5) is 14.0. The third kappa shape index (κ3) is 1.69. The van der Waals surface area contributed by atoms with Gasteiger partial charge < -0.3 is 14.4 Å². The van der Waals surface area contributed by atoms with Crippen molar-refractivity contribution < 1.29 is 14.3 Å². The van der Waals surface area contributed by atoms with Crippen LogP contribution in [0.15, 0.2) is 28.7 Å². The molecular formula is C14H15NO3. The molecule has 1 fully saturated rings. The van der Waals surface area contributed by atoms with Crippen LogP contribution in [0.2, 0.25) is 0 Å². The number of amides is 1. The number of benzene rings is 1. The monoisotopic (exact) mass is 245 g/mol. The van der Waals surface area contributed by atoms with Gasteiger partial charge in [0.25, 0.3) is 5.91 Å². The van der Waals surface area contributed by atoms with E-state index in [1.54, 1.807) is 4.90 Å². The first-order chi connectivity index (χ1) is 8.66. The van der Waals surface area contributed by atoms with E-state index in [-0.39, 0.29) is 5.91 Å². The van der Waals surface area contributed by atoms with Crippen molar-refractivity contribution in [1.82, 2.24) is 4.90 Å². The highest BCUT2D eigenvalue weighted by molar-refractivity contribution is 5.99. The van der Waals surface area contributed by atoms with Gasteiger partial charge in [-0.25, -0.2) is 0 Å². The summed E-state index contributed by atoms with van der Waals surface area (Å²) in [6, 6.07) is 7.62.